The molecule has 3 rings (SSSR count). The second-order valence-electron chi connectivity index (χ2n) is 9.62. The first-order chi connectivity index (χ1) is 10.9. The lowest BCUT2D eigenvalue weighted by Crippen LogP contribution is -2.65. The summed E-state index contributed by atoms with van der Waals surface area (Å²) in [7, 11) is 0. The molecule has 1 unspecified atom stereocenters. The molecule has 3 aliphatic rings. The molecule has 4 heteroatoms. The number of alkyl halides is 2. The van der Waals surface area contributed by atoms with Gasteiger partial charge in [0.05, 0.1) is 11.7 Å². The number of aliphatic hydroxyl groups excluding tert-OH is 1. The molecule has 3 aliphatic carbocycles. The summed E-state index contributed by atoms with van der Waals surface area (Å²) in [6, 6.07) is 0. The van der Waals surface area contributed by atoms with E-state index in [1.54, 1.807) is 0 Å². The van der Waals surface area contributed by atoms with Crippen molar-refractivity contribution in [3.8, 4) is 0 Å². The van der Waals surface area contributed by atoms with Crippen molar-refractivity contribution in [3.63, 3.8) is 0 Å². The Kier molecular flexibility index (Phi) is 4.69. The predicted octanol–water partition coefficient (Wildman–Crippen LogP) is 5.20. The first kappa shape index (κ1) is 19.4. The first-order valence-corrected chi connectivity index (χ1v) is 11.1. The van der Waals surface area contributed by atoms with Crippen LogP contribution < -0.4 is 0 Å². The Labute approximate surface area is 163 Å². The predicted molar refractivity (Wildman–Crippen MR) is 107 cm³/mol. The number of rotatable bonds is 0. The van der Waals surface area contributed by atoms with Crippen LogP contribution in [0.5, 0.6) is 0 Å². The zero-order chi connectivity index (χ0) is 18.1. The van der Waals surface area contributed by atoms with Crippen LogP contribution in [0.1, 0.15) is 66.2 Å². The molecule has 0 aromatic carbocycles. The third kappa shape index (κ3) is 2.38. The van der Waals surface area contributed by atoms with Gasteiger partial charge in [0.25, 0.3) is 0 Å². The third-order valence-corrected chi connectivity index (χ3v) is 11.4. The van der Waals surface area contributed by atoms with Crippen LogP contribution in [0.4, 0.5) is 0 Å². The van der Waals surface area contributed by atoms with Gasteiger partial charge in [0.1, 0.15) is 0 Å². The van der Waals surface area contributed by atoms with Crippen LogP contribution in [0, 0.1) is 22.2 Å². The maximum absolute atomic E-state index is 11.2. The van der Waals surface area contributed by atoms with Crippen molar-refractivity contribution in [2.24, 2.45) is 22.2 Å². The molecule has 0 amide bonds. The Morgan fingerprint density at radius 1 is 1.08 bits per heavy atom. The summed E-state index contributed by atoms with van der Waals surface area (Å²) in [5, 5.41) is 21.8. The molecule has 138 valence electrons. The zero-order valence-electron chi connectivity index (χ0n) is 15.4. The van der Waals surface area contributed by atoms with E-state index in [9.17, 15) is 10.2 Å². The highest BCUT2D eigenvalue weighted by Crippen LogP contribution is 2.68. The molecule has 7 atom stereocenters. The highest BCUT2D eigenvalue weighted by atomic mass is 79.9. The second kappa shape index (κ2) is 5.81. The molecule has 24 heavy (non-hydrogen) atoms. The fourth-order valence-corrected chi connectivity index (χ4v) is 7.66. The number of fused-ring (bicyclic) bond motifs is 1. The van der Waals surface area contributed by atoms with Gasteiger partial charge in [-0.1, -0.05) is 64.8 Å². The Balaban J connectivity index is 2.06. The maximum atomic E-state index is 11.2. The Morgan fingerprint density at radius 3 is 2.33 bits per heavy atom. The minimum atomic E-state index is -1.04. The van der Waals surface area contributed by atoms with E-state index in [4.69, 9.17) is 0 Å². The van der Waals surface area contributed by atoms with E-state index in [1.165, 1.54) is 5.57 Å². The molecule has 0 radical (unpaired) electrons. The van der Waals surface area contributed by atoms with Crippen LogP contribution in [-0.2, 0) is 0 Å². The van der Waals surface area contributed by atoms with Crippen molar-refractivity contribution in [1.29, 1.82) is 0 Å². The van der Waals surface area contributed by atoms with Crippen molar-refractivity contribution in [3.05, 3.63) is 12.2 Å². The molecule has 0 heterocycles. The molecule has 1 spiro atoms. The van der Waals surface area contributed by atoms with Crippen molar-refractivity contribution in [2.75, 3.05) is 0 Å². The normalized spacial score (nSPS) is 54.6. The van der Waals surface area contributed by atoms with Crippen LogP contribution in [0.25, 0.3) is 0 Å². The van der Waals surface area contributed by atoms with Gasteiger partial charge in [-0.3, -0.25) is 0 Å². The van der Waals surface area contributed by atoms with E-state index >= 15 is 0 Å². The highest BCUT2D eigenvalue weighted by Gasteiger charge is 2.65. The molecule has 0 saturated heterocycles. The Hall–Kier alpha value is 0.620. The first-order valence-electron chi connectivity index (χ1n) is 9.26. The highest BCUT2D eigenvalue weighted by molar-refractivity contribution is 9.09. The molecule has 0 aromatic heterocycles. The smallest absolute Gasteiger partial charge is 0.0911 e. The molecular formula is C20H32Br2O2. The van der Waals surface area contributed by atoms with Gasteiger partial charge in [-0.2, -0.15) is 0 Å². The van der Waals surface area contributed by atoms with E-state index in [0.717, 1.165) is 32.1 Å². The van der Waals surface area contributed by atoms with Crippen molar-refractivity contribution >= 4 is 31.9 Å². The molecule has 2 N–H and O–H groups in total. The van der Waals surface area contributed by atoms with Crippen molar-refractivity contribution in [2.45, 2.75) is 87.6 Å². The average molecular weight is 464 g/mol. The van der Waals surface area contributed by atoms with Gasteiger partial charge in [0.15, 0.2) is 0 Å². The summed E-state index contributed by atoms with van der Waals surface area (Å²) in [6.07, 6.45) is 5.26. The number of aliphatic hydroxyl groups is 2. The van der Waals surface area contributed by atoms with Gasteiger partial charge in [-0.05, 0) is 67.6 Å². The number of hydrogen-bond donors (Lipinski definition) is 2. The van der Waals surface area contributed by atoms with E-state index < -0.39 is 11.7 Å². The number of halogens is 2. The molecule has 3 saturated carbocycles. The van der Waals surface area contributed by atoms with Gasteiger partial charge < -0.3 is 10.2 Å². The molecule has 0 aliphatic heterocycles. The van der Waals surface area contributed by atoms with Crippen molar-refractivity contribution < 1.29 is 10.2 Å². The fourth-order valence-electron chi connectivity index (χ4n) is 6.09. The summed E-state index contributed by atoms with van der Waals surface area (Å²) in [5.74, 6) is 0.0701. The zero-order valence-corrected chi connectivity index (χ0v) is 18.6. The summed E-state index contributed by atoms with van der Waals surface area (Å²) >= 11 is 7.78. The van der Waals surface area contributed by atoms with Crippen LogP contribution >= 0.6 is 31.9 Å². The van der Waals surface area contributed by atoms with Crippen molar-refractivity contribution in [1.82, 2.24) is 0 Å². The van der Waals surface area contributed by atoms with Gasteiger partial charge in [0.2, 0.25) is 0 Å². The van der Waals surface area contributed by atoms with E-state index in [-0.39, 0.29) is 27.0 Å². The van der Waals surface area contributed by atoms with E-state index in [2.05, 4.69) is 59.2 Å². The van der Waals surface area contributed by atoms with Gasteiger partial charge in [-0.25, -0.2) is 0 Å². The summed E-state index contributed by atoms with van der Waals surface area (Å²) < 4.78 is 0. The van der Waals surface area contributed by atoms with Crippen LogP contribution in [-0.4, -0.2) is 31.6 Å². The van der Waals surface area contributed by atoms with E-state index in [1.807, 2.05) is 6.92 Å². The molecule has 3 fully saturated rings. The summed E-state index contributed by atoms with van der Waals surface area (Å²) in [4.78, 5) is 0.723. The lowest BCUT2D eigenvalue weighted by Gasteiger charge is -2.65. The standard InChI is InChI=1S/C20H32Br2O2/c1-12-6-7-14(21)17(2,3)20(12)9-8-18(4)13(11-20)19(5,24)16(23)10-15(18)22/h13-16,23-24H,1,6-11H2,2-5H3/t13-,14-,15-,16+,18-,19-,20?/m0/s1. The van der Waals surface area contributed by atoms with Gasteiger partial charge in [0, 0.05) is 9.65 Å². The van der Waals surface area contributed by atoms with Crippen LogP contribution in [0.3, 0.4) is 0 Å². The number of allylic oxidation sites excluding steroid dienone is 1. The Bertz CT molecular complexity index is 544. The minimum absolute atomic E-state index is 0.0175. The lowest BCUT2D eigenvalue weighted by atomic mass is 9.42. The summed E-state index contributed by atoms with van der Waals surface area (Å²) in [6.45, 7) is 13.4. The van der Waals surface area contributed by atoms with Crippen LogP contribution in [0.2, 0.25) is 0 Å². The molecular weight excluding hydrogens is 432 g/mol. The topological polar surface area (TPSA) is 40.5 Å². The quantitative estimate of drug-likeness (QED) is 0.383. The van der Waals surface area contributed by atoms with Gasteiger partial charge in [-0.15, -0.1) is 0 Å². The van der Waals surface area contributed by atoms with E-state index in [0.29, 0.717) is 11.2 Å². The lowest BCUT2D eigenvalue weighted by molar-refractivity contribution is -0.198. The third-order valence-electron chi connectivity index (χ3n) is 8.36. The minimum Gasteiger partial charge on any atom is -0.390 e. The number of hydrogen-bond acceptors (Lipinski definition) is 2. The molecule has 2 nitrogen and oxygen atoms in total. The fraction of sp³-hybridized carbons (Fsp3) is 0.900. The molecule has 0 bridgehead atoms. The van der Waals surface area contributed by atoms with Gasteiger partial charge >= 0.3 is 0 Å². The average Bonchev–Trinajstić information content (AvgIpc) is 2.49. The molecule has 0 aromatic rings. The summed E-state index contributed by atoms with van der Waals surface area (Å²) in [5.41, 5.74) is 0.472. The SMILES string of the molecule is C=C1CC[C@H](Br)C(C)(C)C12CC[C@@]1(C)[C@H](C2)[C@](C)(O)[C@H](O)C[C@@H]1Br. The Morgan fingerprint density at radius 2 is 1.71 bits per heavy atom. The van der Waals surface area contributed by atoms with Crippen LogP contribution in [0.15, 0.2) is 12.2 Å². The monoisotopic (exact) mass is 462 g/mol. The maximum Gasteiger partial charge on any atom is 0.0911 e. The largest absolute Gasteiger partial charge is 0.390 e. The second-order valence-corrected chi connectivity index (χ2v) is 11.8.